The summed E-state index contributed by atoms with van der Waals surface area (Å²) in [5, 5.41) is 7.23. The third-order valence-electron chi connectivity index (χ3n) is 6.82. The summed E-state index contributed by atoms with van der Waals surface area (Å²) in [5.74, 6) is 1.69. The van der Waals surface area contributed by atoms with Gasteiger partial charge in [-0.2, -0.15) is 4.98 Å². The van der Waals surface area contributed by atoms with Gasteiger partial charge in [0, 0.05) is 36.6 Å². The van der Waals surface area contributed by atoms with Crippen molar-refractivity contribution < 1.29 is 0 Å². The molecule has 168 valence electrons. The molecule has 1 aromatic carbocycles. The van der Waals surface area contributed by atoms with Gasteiger partial charge in [-0.1, -0.05) is 18.6 Å². The number of hydrogen-bond donors (Lipinski definition) is 2. The van der Waals surface area contributed by atoms with Crippen LogP contribution in [0.3, 0.4) is 0 Å². The molecule has 0 amide bonds. The number of benzene rings is 1. The van der Waals surface area contributed by atoms with Gasteiger partial charge in [0.05, 0.1) is 0 Å². The van der Waals surface area contributed by atoms with E-state index in [4.69, 9.17) is 9.97 Å². The number of aromatic nitrogens is 5. The Balaban J connectivity index is 1.42. The third-order valence-corrected chi connectivity index (χ3v) is 6.82. The largest absolute Gasteiger partial charge is 0.324 e. The Hall–Kier alpha value is -3.52. The maximum atomic E-state index is 13.1. The second-order valence-corrected chi connectivity index (χ2v) is 8.85. The van der Waals surface area contributed by atoms with Gasteiger partial charge in [-0.15, -0.1) is 0 Å². The molecule has 3 aromatic heterocycles. The molecule has 1 saturated carbocycles. The Morgan fingerprint density at radius 3 is 2.88 bits per heavy atom. The van der Waals surface area contributed by atoms with Crippen molar-refractivity contribution in [1.29, 1.82) is 0 Å². The van der Waals surface area contributed by atoms with Gasteiger partial charge in [0.25, 0.3) is 5.56 Å². The van der Waals surface area contributed by atoms with Gasteiger partial charge in [0.1, 0.15) is 5.39 Å². The number of nitrogens with zero attached hydrogens (tertiary/aromatic N) is 5. The predicted octanol–water partition coefficient (Wildman–Crippen LogP) is 3.65. The summed E-state index contributed by atoms with van der Waals surface area (Å²) in [4.78, 5) is 27.2. The molecule has 4 heterocycles. The topological polar surface area (TPSA) is 89.7 Å². The normalized spacial score (nSPS) is 15.9. The molecule has 8 nitrogen and oxygen atoms in total. The van der Waals surface area contributed by atoms with Crippen molar-refractivity contribution in [3.63, 3.8) is 0 Å². The predicted molar refractivity (Wildman–Crippen MR) is 128 cm³/mol. The van der Waals surface area contributed by atoms with Crippen LogP contribution in [0.15, 0.2) is 47.4 Å². The highest BCUT2D eigenvalue weighted by Crippen LogP contribution is 2.35. The van der Waals surface area contributed by atoms with E-state index in [9.17, 15) is 4.79 Å². The van der Waals surface area contributed by atoms with Crippen LogP contribution in [-0.4, -0.2) is 30.9 Å². The second-order valence-electron chi connectivity index (χ2n) is 8.85. The van der Waals surface area contributed by atoms with Crippen LogP contribution in [0.5, 0.6) is 0 Å². The van der Waals surface area contributed by atoms with E-state index in [1.54, 1.807) is 10.9 Å². The van der Waals surface area contributed by atoms with E-state index in [2.05, 4.69) is 39.9 Å². The molecule has 0 unspecified atom stereocenters. The summed E-state index contributed by atoms with van der Waals surface area (Å²) in [6.07, 6.45) is 6.27. The summed E-state index contributed by atoms with van der Waals surface area (Å²) >= 11 is 0. The van der Waals surface area contributed by atoms with Gasteiger partial charge in [0.15, 0.2) is 11.5 Å². The fourth-order valence-corrected chi connectivity index (χ4v) is 4.78. The lowest BCUT2D eigenvalue weighted by Crippen LogP contribution is -2.23. The Labute approximate surface area is 191 Å². The van der Waals surface area contributed by atoms with E-state index in [1.165, 1.54) is 30.4 Å². The van der Waals surface area contributed by atoms with Crippen LogP contribution in [0.4, 0.5) is 11.6 Å². The first-order valence-electron chi connectivity index (χ1n) is 11.8. The minimum atomic E-state index is -0.102. The van der Waals surface area contributed by atoms with Crippen molar-refractivity contribution in [2.75, 3.05) is 11.9 Å². The van der Waals surface area contributed by atoms with Gasteiger partial charge in [-0.25, -0.2) is 19.3 Å². The van der Waals surface area contributed by atoms with Crippen molar-refractivity contribution in [3.05, 3.63) is 69.8 Å². The molecule has 0 radical (unpaired) electrons. The Bertz CT molecular complexity index is 1400. The van der Waals surface area contributed by atoms with E-state index in [1.807, 2.05) is 23.7 Å². The summed E-state index contributed by atoms with van der Waals surface area (Å²) < 4.78 is 3.52. The molecule has 2 aliphatic rings. The molecule has 1 aliphatic heterocycles. The second kappa shape index (κ2) is 8.12. The number of fused-ring (bicyclic) bond motifs is 2. The van der Waals surface area contributed by atoms with E-state index >= 15 is 0 Å². The average Bonchev–Trinajstić information content (AvgIpc) is 3.09. The van der Waals surface area contributed by atoms with Crippen LogP contribution in [0.1, 0.15) is 48.9 Å². The zero-order valence-electron chi connectivity index (χ0n) is 18.7. The summed E-state index contributed by atoms with van der Waals surface area (Å²) in [6.45, 7) is 4.36. The van der Waals surface area contributed by atoms with Crippen LogP contribution in [0.2, 0.25) is 0 Å². The molecule has 1 fully saturated rings. The van der Waals surface area contributed by atoms with Crippen LogP contribution < -0.4 is 16.2 Å². The first-order valence-corrected chi connectivity index (χ1v) is 11.8. The quantitative estimate of drug-likeness (QED) is 0.491. The molecule has 1 aliphatic carbocycles. The molecule has 33 heavy (non-hydrogen) atoms. The zero-order valence-corrected chi connectivity index (χ0v) is 18.7. The van der Waals surface area contributed by atoms with Crippen molar-refractivity contribution in [3.8, 4) is 5.82 Å². The molecular weight excluding hydrogens is 414 g/mol. The molecule has 2 N–H and O–H groups in total. The van der Waals surface area contributed by atoms with Crippen molar-refractivity contribution in [2.45, 2.75) is 51.6 Å². The smallest absolute Gasteiger partial charge is 0.278 e. The van der Waals surface area contributed by atoms with Crippen molar-refractivity contribution in [2.24, 2.45) is 0 Å². The fraction of sp³-hybridized carbons (Fsp3) is 0.360. The first-order chi connectivity index (χ1) is 16.2. The summed E-state index contributed by atoms with van der Waals surface area (Å²) in [5.41, 5.74) is 5.16. The summed E-state index contributed by atoms with van der Waals surface area (Å²) in [6, 6.07) is 12.4. The van der Waals surface area contributed by atoms with Gasteiger partial charge in [0.2, 0.25) is 5.95 Å². The standard InChI is InChI=1S/C25H27N7O/c1-2-31-24(33)20-15-27-25(28-19-10-9-16-11-12-26-14-18(16)13-19)30-23(20)32(31)22-8-4-7-21(29-22)17-5-3-6-17/h4,7-10,13,15,17,26H,2-3,5-6,11-12,14H2,1H3,(H,27,28,30). The number of anilines is 2. The SMILES string of the molecule is CCn1c(=O)c2cnc(Nc3ccc4c(c3)CNCC4)nc2n1-c1cccc(C2CCC2)n1. The maximum Gasteiger partial charge on any atom is 0.278 e. The van der Waals surface area contributed by atoms with Crippen LogP contribution >= 0.6 is 0 Å². The highest BCUT2D eigenvalue weighted by molar-refractivity contribution is 5.77. The van der Waals surface area contributed by atoms with Gasteiger partial charge >= 0.3 is 0 Å². The molecule has 0 bridgehead atoms. The number of pyridine rings is 1. The van der Waals surface area contributed by atoms with Gasteiger partial charge < -0.3 is 10.6 Å². The lowest BCUT2D eigenvalue weighted by molar-refractivity contribution is 0.410. The van der Waals surface area contributed by atoms with E-state index in [0.717, 1.165) is 36.7 Å². The van der Waals surface area contributed by atoms with Crippen molar-refractivity contribution in [1.82, 2.24) is 29.6 Å². The van der Waals surface area contributed by atoms with E-state index in [0.29, 0.717) is 29.4 Å². The number of hydrogen-bond acceptors (Lipinski definition) is 6. The minimum absolute atomic E-state index is 0.102. The Morgan fingerprint density at radius 1 is 1.15 bits per heavy atom. The van der Waals surface area contributed by atoms with Crippen LogP contribution in [-0.2, 0) is 19.5 Å². The van der Waals surface area contributed by atoms with Gasteiger partial charge in [-0.05, 0) is 68.1 Å². The van der Waals surface area contributed by atoms with E-state index < -0.39 is 0 Å². The lowest BCUT2D eigenvalue weighted by Gasteiger charge is -2.25. The molecular formula is C25H27N7O. The van der Waals surface area contributed by atoms with Crippen LogP contribution in [0, 0.1) is 0 Å². The Morgan fingerprint density at radius 2 is 2.06 bits per heavy atom. The Kier molecular flexibility index (Phi) is 4.95. The number of rotatable bonds is 5. The molecule has 0 saturated heterocycles. The average molecular weight is 442 g/mol. The molecule has 8 heteroatoms. The first kappa shape index (κ1) is 20.1. The highest BCUT2D eigenvalue weighted by Gasteiger charge is 2.23. The van der Waals surface area contributed by atoms with Gasteiger partial charge in [-0.3, -0.25) is 4.79 Å². The molecule has 0 spiro atoms. The van der Waals surface area contributed by atoms with Crippen molar-refractivity contribution >= 4 is 22.7 Å². The fourth-order valence-electron chi connectivity index (χ4n) is 4.78. The molecule has 6 rings (SSSR count). The third kappa shape index (κ3) is 3.51. The van der Waals surface area contributed by atoms with Crippen LogP contribution in [0.25, 0.3) is 16.9 Å². The number of nitrogens with one attached hydrogen (secondary N) is 2. The molecule has 0 atom stereocenters. The maximum absolute atomic E-state index is 13.1. The minimum Gasteiger partial charge on any atom is -0.324 e. The lowest BCUT2D eigenvalue weighted by atomic mass is 9.83. The molecule has 4 aromatic rings. The summed E-state index contributed by atoms with van der Waals surface area (Å²) in [7, 11) is 0. The zero-order chi connectivity index (χ0) is 22.4. The van der Waals surface area contributed by atoms with E-state index in [-0.39, 0.29) is 5.56 Å². The highest BCUT2D eigenvalue weighted by atomic mass is 16.1. The monoisotopic (exact) mass is 441 g/mol.